The Kier molecular flexibility index (Phi) is 8.93. The first kappa shape index (κ1) is 24.0. The van der Waals surface area contributed by atoms with Gasteiger partial charge >= 0.3 is 0 Å². The lowest BCUT2D eigenvalue weighted by Crippen LogP contribution is -2.49. The molecule has 0 aromatic heterocycles. The van der Waals surface area contributed by atoms with Crippen LogP contribution < -0.4 is 10.1 Å². The molecule has 8 heteroatoms. The van der Waals surface area contributed by atoms with E-state index in [9.17, 15) is 14.0 Å². The second-order valence-electron chi connectivity index (χ2n) is 7.33. The number of nitrogens with zero attached hydrogens (tertiary/aromatic N) is 1. The maximum Gasteiger partial charge on any atom is 0.261 e. The van der Waals surface area contributed by atoms with Crippen LogP contribution >= 0.6 is 23.2 Å². The Labute approximate surface area is 186 Å². The van der Waals surface area contributed by atoms with Crippen LogP contribution in [0.25, 0.3) is 0 Å². The zero-order chi connectivity index (χ0) is 22.3. The van der Waals surface area contributed by atoms with E-state index in [1.807, 2.05) is 13.8 Å². The molecule has 162 valence electrons. The molecule has 0 saturated heterocycles. The molecule has 5 nitrogen and oxygen atoms in total. The largest absolute Gasteiger partial charge is 0.484 e. The first-order valence-electron chi connectivity index (χ1n) is 9.57. The minimum Gasteiger partial charge on any atom is -0.484 e. The molecule has 2 amide bonds. The summed E-state index contributed by atoms with van der Waals surface area (Å²) < 4.78 is 18.5. The molecule has 2 aromatic rings. The summed E-state index contributed by atoms with van der Waals surface area (Å²) in [6.07, 6.45) is 0. The minimum absolute atomic E-state index is 0.152. The molecule has 0 aliphatic carbocycles. The lowest BCUT2D eigenvalue weighted by molar-refractivity contribution is -0.142. The fraction of sp³-hybridized carbons (Fsp3) is 0.364. The van der Waals surface area contributed by atoms with Crippen LogP contribution in [0, 0.1) is 11.7 Å². The molecule has 0 aliphatic heterocycles. The Bertz CT molecular complexity index is 875. The Morgan fingerprint density at radius 3 is 2.33 bits per heavy atom. The number of hydrogen-bond donors (Lipinski definition) is 1. The Hall–Kier alpha value is -2.31. The number of halogens is 3. The van der Waals surface area contributed by atoms with E-state index >= 15 is 0 Å². The van der Waals surface area contributed by atoms with Crippen LogP contribution in [0.4, 0.5) is 4.39 Å². The van der Waals surface area contributed by atoms with Crippen LogP contribution in [0.15, 0.2) is 42.5 Å². The van der Waals surface area contributed by atoms with E-state index in [1.54, 1.807) is 25.1 Å². The molecule has 2 rings (SSSR count). The van der Waals surface area contributed by atoms with Gasteiger partial charge < -0.3 is 15.0 Å². The monoisotopic (exact) mass is 454 g/mol. The summed E-state index contributed by atoms with van der Waals surface area (Å²) in [5, 5.41) is 3.61. The first-order valence-corrected chi connectivity index (χ1v) is 10.3. The van der Waals surface area contributed by atoms with Gasteiger partial charge in [0, 0.05) is 13.1 Å². The summed E-state index contributed by atoms with van der Waals surface area (Å²) in [6.45, 7) is 5.99. The van der Waals surface area contributed by atoms with Crippen LogP contribution in [0.2, 0.25) is 10.0 Å². The van der Waals surface area contributed by atoms with Crippen molar-refractivity contribution in [1.82, 2.24) is 10.2 Å². The molecular weight excluding hydrogens is 430 g/mol. The zero-order valence-electron chi connectivity index (χ0n) is 17.1. The normalized spacial score (nSPS) is 11.8. The van der Waals surface area contributed by atoms with Crippen molar-refractivity contribution in [2.45, 2.75) is 33.4 Å². The number of carbonyl (C=O) groups excluding carboxylic acids is 2. The average molecular weight is 455 g/mol. The molecule has 0 saturated carbocycles. The van der Waals surface area contributed by atoms with E-state index in [0.29, 0.717) is 22.3 Å². The van der Waals surface area contributed by atoms with Crippen molar-refractivity contribution >= 4 is 35.0 Å². The summed E-state index contributed by atoms with van der Waals surface area (Å²) in [7, 11) is 0. The third kappa shape index (κ3) is 7.18. The lowest BCUT2D eigenvalue weighted by atomic mass is 10.1. The summed E-state index contributed by atoms with van der Waals surface area (Å²) in [5.41, 5.74) is 0.725. The SMILES string of the molecule is CC(C)CNC(=O)[C@@H](C)N(Cc1ccc(Cl)c(Cl)c1)C(=O)COc1ccc(F)cc1. The highest BCUT2D eigenvalue weighted by atomic mass is 35.5. The molecule has 0 spiro atoms. The van der Waals surface area contributed by atoms with Gasteiger partial charge in [-0.25, -0.2) is 4.39 Å². The first-order chi connectivity index (χ1) is 14.2. The number of nitrogens with one attached hydrogen (secondary N) is 1. The van der Waals surface area contributed by atoms with Crippen molar-refractivity contribution in [3.63, 3.8) is 0 Å². The third-order valence-electron chi connectivity index (χ3n) is 4.36. The van der Waals surface area contributed by atoms with Crippen molar-refractivity contribution in [3.05, 3.63) is 63.9 Å². The van der Waals surface area contributed by atoms with Gasteiger partial charge in [-0.1, -0.05) is 43.1 Å². The summed E-state index contributed by atoms with van der Waals surface area (Å²) in [6, 6.07) is 9.67. The molecule has 2 aromatic carbocycles. The van der Waals surface area contributed by atoms with Gasteiger partial charge in [-0.2, -0.15) is 0 Å². The van der Waals surface area contributed by atoms with Crippen molar-refractivity contribution in [1.29, 1.82) is 0 Å². The average Bonchev–Trinajstić information content (AvgIpc) is 2.71. The van der Waals surface area contributed by atoms with Gasteiger partial charge in [-0.3, -0.25) is 9.59 Å². The van der Waals surface area contributed by atoms with Crippen molar-refractivity contribution < 1.29 is 18.7 Å². The number of benzene rings is 2. The van der Waals surface area contributed by atoms with E-state index in [4.69, 9.17) is 27.9 Å². The predicted octanol–water partition coefficient (Wildman–Crippen LogP) is 4.70. The highest BCUT2D eigenvalue weighted by molar-refractivity contribution is 6.42. The highest BCUT2D eigenvalue weighted by Gasteiger charge is 2.26. The van der Waals surface area contributed by atoms with E-state index in [1.165, 1.54) is 29.2 Å². The fourth-order valence-electron chi connectivity index (χ4n) is 2.63. The third-order valence-corrected chi connectivity index (χ3v) is 5.10. The molecule has 0 aliphatic rings. The lowest BCUT2D eigenvalue weighted by Gasteiger charge is -2.29. The standard InChI is InChI=1S/C22H25Cl2FN2O3/c1-14(2)11-26-22(29)15(3)27(12-16-4-9-19(23)20(24)10-16)21(28)13-30-18-7-5-17(25)6-8-18/h4-10,14-15H,11-13H2,1-3H3,(H,26,29)/t15-/m1/s1. The van der Waals surface area contributed by atoms with E-state index in [0.717, 1.165) is 5.56 Å². The zero-order valence-corrected chi connectivity index (χ0v) is 18.6. The van der Waals surface area contributed by atoms with Crippen LogP contribution in [0.3, 0.4) is 0 Å². The molecule has 0 bridgehead atoms. The molecule has 0 unspecified atom stereocenters. The Morgan fingerprint density at radius 1 is 1.07 bits per heavy atom. The van der Waals surface area contributed by atoms with Crippen molar-refractivity contribution in [3.8, 4) is 5.75 Å². The number of amides is 2. The number of hydrogen-bond acceptors (Lipinski definition) is 3. The van der Waals surface area contributed by atoms with Gasteiger partial charge in [-0.15, -0.1) is 0 Å². The summed E-state index contributed by atoms with van der Waals surface area (Å²) >= 11 is 12.1. The van der Waals surface area contributed by atoms with Gasteiger partial charge in [0.05, 0.1) is 10.0 Å². The van der Waals surface area contributed by atoms with Crippen molar-refractivity contribution in [2.75, 3.05) is 13.2 Å². The van der Waals surface area contributed by atoms with Crippen molar-refractivity contribution in [2.24, 2.45) is 5.92 Å². The fourth-order valence-corrected chi connectivity index (χ4v) is 2.95. The molecule has 0 heterocycles. The molecular formula is C22H25Cl2FN2O3. The maximum absolute atomic E-state index is 13.0. The highest BCUT2D eigenvalue weighted by Crippen LogP contribution is 2.24. The quantitative estimate of drug-likeness (QED) is 0.597. The minimum atomic E-state index is -0.734. The maximum atomic E-state index is 13.0. The smallest absolute Gasteiger partial charge is 0.261 e. The van der Waals surface area contributed by atoms with Gasteiger partial charge in [0.15, 0.2) is 6.61 Å². The molecule has 30 heavy (non-hydrogen) atoms. The van der Waals surface area contributed by atoms with Gasteiger partial charge in [0.2, 0.25) is 5.91 Å². The Morgan fingerprint density at radius 2 is 1.73 bits per heavy atom. The van der Waals surface area contributed by atoms with E-state index in [2.05, 4.69) is 5.32 Å². The predicted molar refractivity (Wildman–Crippen MR) is 116 cm³/mol. The summed E-state index contributed by atoms with van der Waals surface area (Å²) in [4.78, 5) is 26.9. The van der Waals surface area contributed by atoms with Crippen LogP contribution in [0.5, 0.6) is 5.75 Å². The van der Waals surface area contributed by atoms with E-state index < -0.39 is 17.8 Å². The molecule has 1 atom stereocenters. The van der Waals surface area contributed by atoms with E-state index in [-0.39, 0.29) is 25.0 Å². The molecule has 1 N–H and O–H groups in total. The second kappa shape index (κ2) is 11.2. The van der Waals surface area contributed by atoms with Crippen LogP contribution in [0.1, 0.15) is 26.3 Å². The topological polar surface area (TPSA) is 58.6 Å². The second-order valence-corrected chi connectivity index (χ2v) is 8.14. The Balaban J connectivity index is 2.15. The number of rotatable bonds is 9. The van der Waals surface area contributed by atoms with Crippen LogP contribution in [-0.4, -0.2) is 35.9 Å². The van der Waals surface area contributed by atoms with Gasteiger partial charge in [0.1, 0.15) is 17.6 Å². The summed E-state index contributed by atoms with van der Waals surface area (Å²) in [5.74, 6) is -0.416. The number of carbonyl (C=O) groups is 2. The molecule has 0 radical (unpaired) electrons. The van der Waals surface area contributed by atoms with Crippen LogP contribution in [-0.2, 0) is 16.1 Å². The number of ether oxygens (including phenoxy) is 1. The van der Waals surface area contributed by atoms with Gasteiger partial charge in [0.25, 0.3) is 5.91 Å². The molecule has 0 fully saturated rings. The van der Waals surface area contributed by atoms with Gasteiger partial charge in [-0.05, 0) is 54.8 Å².